The SMILES string of the molecule is c1coc(C23CCC2CCN3)c1. The summed E-state index contributed by atoms with van der Waals surface area (Å²) in [5.74, 6) is 1.99. The van der Waals surface area contributed by atoms with Crippen molar-refractivity contribution in [2.75, 3.05) is 6.54 Å². The van der Waals surface area contributed by atoms with Crippen LogP contribution < -0.4 is 5.32 Å². The van der Waals surface area contributed by atoms with E-state index in [1.807, 2.05) is 6.07 Å². The lowest BCUT2D eigenvalue weighted by molar-refractivity contribution is 0.107. The Labute approximate surface area is 72.0 Å². The van der Waals surface area contributed by atoms with Gasteiger partial charge in [-0.05, 0) is 43.9 Å². The van der Waals surface area contributed by atoms with Crippen LogP contribution in [0.1, 0.15) is 25.0 Å². The normalized spacial score (nSPS) is 39.2. The van der Waals surface area contributed by atoms with Crippen molar-refractivity contribution in [1.29, 1.82) is 0 Å². The maximum absolute atomic E-state index is 5.48. The summed E-state index contributed by atoms with van der Waals surface area (Å²) >= 11 is 0. The second kappa shape index (κ2) is 2.13. The highest BCUT2D eigenvalue weighted by Gasteiger charge is 2.52. The van der Waals surface area contributed by atoms with E-state index in [-0.39, 0.29) is 5.54 Å². The molecular weight excluding hydrogens is 150 g/mol. The predicted molar refractivity (Wildman–Crippen MR) is 45.7 cm³/mol. The van der Waals surface area contributed by atoms with E-state index in [4.69, 9.17) is 4.42 Å². The van der Waals surface area contributed by atoms with Crippen LogP contribution >= 0.6 is 0 Å². The fraction of sp³-hybridized carbons (Fsp3) is 0.600. The van der Waals surface area contributed by atoms with E-state index < -0.39 is 0 Å². The quantitative estimate of drug-likeness (QED) is 0.683. The molecule has 0 radical (unpaired) electrons. The molecule has 2 unspecified atom stereocenters. The number of rotatable bonds is 1. The third-order valence-electron chi connectivity index (χ3n) is 3.48. The molecule has 12 heavy (non-hydrogen) atoms. The fourth-order valence-corrected chi connectivity index (χ4v) is 2.67. The van der Waals surface area contributed by atoms with E-state index in [1.165, 1.54) is 19.3 Å². The molecule has 0 bridgehead atoms. The van der Waals surface area contributed by atoms with Crippen molar-refractivity contribution < 1.29 is 4.42 Å². The molecule has 0 spiro atoms. The van der Waals surface area contributed by atoms with Gasteiger partial charge in [-0.15, -0.1) is 0 Å². The first-order valence-corrected chi connectivity index (χ1v) is 4.71. The number of fused-ring (bicyclic) bond motifs is 1. The van der Waals surface area contributed by atoms with Gasteiger partial charge in [0, 0.05) is 0 Å². The zero-order chi connectivity index (χ0) is 8.02. The Hall–Kier alpha value is -0.760. The zero-order valence-corrected chi connectivity index (χ0v) is 7.05. The smallest absolute Gasteiger partial charge is 0.124 e. The van der Waals surface area contributed by atoms with E-state index in [1.54, 1.807) is 6.26 Å². The molecule has 1 saturated heterocycles. The van der Waals surface area contributed by atoms with E-state index >= 15 is 0 Å². The number of furan rings is 1. The van der Waals surface area contributed by atoms with Crippen molar-refractivity contribution in [3.63, 3.8) is 0 Å². The molecule has 2 aliphatic rings. The second-order valence-corrected chi connectivity index (χ2v) is 3.90. The highest BCUT2D eigenvalue weighted by Crippen LogP contribution is 2.51. The lowest BCUT2D eigenvalue weighted by Gasteiger charge is -2.43. The first-order valence-electron chi connectivity index (χ1n) is 4.71. The van der Waals surface area contributed by atoms with Crippen LogP contribution in [0.15, 0.2) is 22.8 Å². The van der Waals surface area contributed by atoms with Gasteiger partial charge < -0.3 is 9.73 Å². The summed E-state index contributed by atoms with van der Waals surface area (Å²) in [7, 11) is 0. The lowest BCUT2D eigenvalue weighted by atomic mass is 9.66. The number of hydrogen-bond acceptors (Lipinski definition) is 2. The van der Waals surface area contributed by atoms with Crippen molar-refractivity contribution in [1.82, 2.24) is 5.32 Å². The van der Waals surface area contributed by atoms with Gasteiger partial charge in [0.15, 0.2) is 0 Å². The molecular formula is C10H13NO. The van der Waals surface area contributed by atoms with Crippen LogP contribution in [0, 0.1) is 5.92 Å². The van der Waals surface area contributed by atoms with E-state index in [0.29, 0.717) is 0 Å². The Bertz CT molecular complexity index is 280. The van der Waals surface area contributed by atoms with Crippen LogP contribution in [0.3, 0.4) is 0 Å². The largest absolute Gasteiger partial charge is 0.467 e. The highest BCUT2D eigenvalue weighted by atomic mass is 16.3. The van der Waals surface area contributed by atoms with Gasteiger partial charge in [0.25, 0.3) is 0 Å². The summed E-state index contributed by atoms with van der Waals surface area (Å²) in [5.41, 5.74) is 0.240. The number of hydrogen-bond donors (Lipinski definition) is 1. The van der Waals surface area contributed by atoms with Crippen molar-refractivity contribution in [3.8, 4) is 0 Å². The van der Waals surface area contributed by atoms with Gasteiger partial charge in [-0.3, -0.25) is 0 Å². The third-order valence-corrected chi connectivity index (χ3v) is 3.48. The molecule has 2 fully saturated rings. The Kier molecular flexibility index (Phi) is 1.20. The second-order valence-electron chi connectivity index (χ2n) is 3.90. The zero-order valence-electron chi connectivity index (χ0n) is 7.05. The van der Waals surface area contributed by atoms with Gasteiger partial charge in [0.1, 0.15) is 5.76 Å². The molecule has 1 N–H and O–H groups in total. The molecule has 2 atom stereocenters. The minimum atomic E-state index is 0.240. The van der Waals surface area contributed by atoms with Gasteiger partial charge in [-0.2, -0.15) is 0 Å². The predicted octanol–water partition coefficient (Wildman–Crippen LogP) is 1.88. The first kappa shape index (κ1) is 6.72. The molecule has 2 nitrogen and oxygen atoms in total. The summed E-state index contributed by atoms with van der Waals surface area (Å²) < 4.78 is 5.48. The maximum atomic E-state index is 5.48. The molecule has 1 saturated carbocycles. The van der Waals surface area contributed by atoms with Crippen LogP contribution in [0.25, 0.3) is 0 Å². The van der Waals surface area contributed by atoms with Crippen LogP contribution in [-0.2, 0) is 5.54 Å². The lowest BCUT2D eigenvalue weighted by Crippen LogP contribution is -2.48. The molecule has 1 aromatic rings. The Balaban J connectivity index is 2.01. The monoisotopic (exact) mass is 163 g/mol. The summed E-state index contributed by atoms with van der Waals surface area (Å²) in [6.07, 6.45) is 5.72. The maximum Gasteiger partial charge on any atom is 0.124 e. The molecule has 0 amide bonds. The topological polar surface area (TPSA) is 25.2 Å². The Morgan fingerprint density at radius 1 is 1.50 bits per heavy atom. The minimum Gasteiger partial charge on any atom is -0.467 e. The molecule has 3 rings (SSSR count). The first-order chi connectivity index (χ1) is 5.92. The number of nitrogens with one attached hydrogen (secondary N) is 1. The van der Waals surface area contributed by atoms with Crippen molar-refractivity contribution in [2.45, 2.75) is 24.8 Å². The molecule has 1 aliphatic carbocycles. The Morgan fingerprint density at radius 3 is 3.08 bits per heavy atom. The molecule has 1 aromatic heterocycles. The summed E-state index contributed by atoms with van der Waals surface area (Å²) in [6.45, 7) is 1.16. The van der Waals surface area contributed by atoms with E-state index in [2.05, 4.69) is 11.4 Å². The standard InChI is InChI=1S/C10H13NO/c1-2-9(12-7-1)10-5-3-8(10)4-6-11-10/h1-2,7-8,11H,3-6H2. The van der Waals surface area contributed by atoms with Gasteiger partial charge >= 0.3 is 0 Å². The Morgan fingerprint density at radius 2 is 2.50 bits per heavy atom. The average Bonchev–Trinajstić information content (AvgIpc) is 2.61. The summed E-state index contributed by atoms with van der Waals surface area (Å²) in [6, 6.07) is 4.09. The van der Waals surface area contributed by atoms with Crippen LogP contribution in [0.5, 0.6) is 0 Å². The molecule has 2 heteroatoms. The van der Waals surface area contributed by atoms with Gasteiger partial charge in [0.05, 0.1) is 11.8 Å². The van der Waals surface area contributed by atoms with Gasteiger partial charge in [0.2, 0.25) is 0 Å². The molecule has 1 aliphatic heterocycles. The highest BCUT2D eigenvalue weighted by molar-refractivity contribution is 5.21. The molecule has 2 heterocycles. The van der Waals surface area contributed by atoms with E-state index in [0.717, 1.165) is 18.2 Å². The fourth-order valence-electron chi connectivity index (χ4n) is 2.67. The van der Waals surface area contributed by atoms with Crippen molar-refractivity contribution >= 4 is 0 Å². The van der Waals surface area contributed by atoms with Gasteiger partial charge in [-0.1, -0.05) is 0 Å². The van der Waals surface area contributed by atoms with Crippen LogP contribution in [0.2, 0.25) is 0 Å². The van der Waals surface area contributed by atoms with Crippen molar-refractivity contribution in [2.24, 2.45) is 5.92 Å². The summed E-state index contributed by atoms with van der Waals surface area (Å²) in [5, 5.41) is 3.58. The van der Waals surface area contributed by atoms with Gasteiger partial charge in [-0.25, -0.2) is 0 Å². The van der Waals surface area contributed by atoms with E-state index in [9.17, 15) is 0 Å². The van der Waals surface area contributed by atoms with Crippen LogP contribution in [0.4, 0.5) is 0 Å². The summed E-state index contributed by atoms with van der Waals surface area (Å²) in [4.78, 5) is 0. The van der Waals surface area contributed by atoms with Crippen molar-refractivity contribution in [3.05, 3.63) is 24.2 Å². The molecule has 64 valence electrons. The minimum absolute atomic E-state index is 0.240. The average molecular weight is 163 g/mol. The molecule has 0 aromatic carbocycles. The van der Waals surface area contributed by atoms with Crippen LogP contribution in [-0.4, -0.2) is 6.54 Å². The third kappa shape index (κ3) is 0.643.